The summed E-state index contributed by atoms with van der Waals surface area (Å²) >= 11 is 0. The van der Waals surface area contributed by atoms with Crippen LogP contribution in [0.1, 0.15) is 12.6 Å². The van der Waals surface area contributed by atoms with E-state index in [0.717, 1.165) is 15.7 Å². The molecule has 0 spiro atoms. The van der Waals surface area contributed by atoms with Crippen molar-refractivity contribution in [1.82, 2.24) is 19.8 Å². The number of nitrogens with zero attached hydrogens (tertiary/aromatic N) is 3. The van der Waals surface area contributed by atoms with Gasteiger partial charge in [0, 0.05) is 25.1 Å². The fraction of sp³-hybridized carbons (Fsp3) is 0.667. The van der Waals surface area contributed by atoms with Gasteiger partial charge in [-0.3, -0.25) is 24.1 Å². The number of nitrogens with one attached hydrogen (secondary N) is 1. The summed E-state index contributed by atoms with van der Waals surface area (Å²) in [6, 6.07) is 0.287. The van der Waals surface area contributed by atoms with Crippen molar-refractivity contribution in [3.8, 4) is 0 Å². The lowest BCUT2D eigenvalue weighted by atomic mass is 9.87. The molecule has 1 aromatic rings. The number of carbonyl (C=O) groups excluding carboxylic acids is 2. The first kappa shape index (κ1) is 27.5. The SMILES string of the molecule is Nc1ccn(C2OC(CO)C(C(OP(=O)(O)O)C3OC(N4CCC(=O)NC4=O)C(O)C3O)C2O)c(=O)n1. The molecule has 0 aliphatic carbocycles. The number of ether oxygens (including phenoxy) is 2. The Balaban J connectivity index is 1.67. The highest BCUT2D eigenvalue weighted by Crippen LogP contribution is 2.47. The summed E-state index contributed by atoms with van der Waals surface area (Å²) in [5.74, 6) is -2.25. The highest BCUT2D eigenvalue weighted by atomic mass is 31.2. The van der Waals surface area contributed by atoms with E-state index in [-0.39, 0.29) is 18.8 Å². The van der Waals surface area contributed by atoms with Gasteiger partial charge >= 0.3 is 19.5 Å². The Labute approximate surface area is 207 Å². The molecule has 3 fully saturated rings. The summed E-state index contributed by atoms with van der Waals surface area (Å²) in [5, 5.41) is 44.3. The van der Waals surface area contributed by atoms with Crippen molar-refractivity contribution >= 4 is 25.6 Å². The first-order valence-electron chi connectivity index (χ1n) is 11.0. The average molecular weight is 551 g/mol. The van der Waals surface area contributed by atoms with Crippen molar-refractivity contribution in [3.05, 3.63) is 22.7 Å². The second kappa shape index (κ2) is 10.3. The van der Waals surface area contributed by atoms with Gasteiger partial charge in [-0.2, -0.15) is 4.98 Å². The van der Waals surface area contributed by atoms with E-state index in [1.165, 1.54) is 6.07 Å². The molecule has 9 unspecified atom stereocenters. The molecule has 3 saturated heterocycles. The van der Waals surface area contributed by atoms with Gasteiger partial charge in [-0.05, 0) is 6.07 Å². The Morgan fingerprint density at radius 3 is 2.46 bits per heavy atom. The number of rotatable bonds is 7. The van der Waals surface area contributed by atoms with Crippen molar-refractivity contribution in [2.45, 2.75) is 55.5 Å². The third kappa shape index (κ3) is 5.39. The number of carbonyl (C=O) groups is 2. The minimum atomic E-state index is -5.37. The Kier molecular flexibility index (Phi) is 7.69. The van der Waals surface area contributed by atoms with Gasteiger partial charge in [0.2, 0.25) is 5.91 Å². The monoisotopic (exact) mass is 551 g/mol. The van der Waals surface area contributed by atoms with E-state index in [1.807, 2.05) is 5.32 Å². The third-order valence-electron chi connectivity index (χ3n) is 6.37. The molecule has 4 heterocycles. The molecule has 0 saturated carbocycles. The molecular formula is C18H26N5O13P. The minimum absolute atomic E-state index is 0.127. The van der Waals surface area contributed by atoms with Crippen LogP contribution in [0.2, 0.25) is 0 Å². The van der Waals surface area contributed by atoms with Crippen molar-refractivity contribution in [2.24, 2.45) is 5.92 Å². The van der Waals surface area contributed by atoms with Crippen LogP contribution in [0.4, 0.5) is 10.6 Å². The van der Waals surface area contributed by atoms with Crippen LogP contribution >= 0.6 is 7.82 Å². The van der Waals surface area contributed by atoms with Crippen LogP contribution in [0.3, 0.4) is 0 Å². The molecule has 3 aliphatic heterocycles. The Morgan fingerprint density at radius 2 is 1.86 bits per heavy atom. The van der Waals surface area contributed by atoms with Crippen molar-refractivity contribution in [3.63, 3.8) is 0 Å². The Morgan fingerprint density at radius 1 is 1.16 bits per heavy atom. The van der Waals surface area contributed by atoms with Gasteiger partial charge in [0.15, 0.2) is 12.5 Å². The van der Waals surface area contributed by atoms with E-state index in [0.29, 0.717) is 0 Å². The molecule has 4 rings (SSSR count). The van der Waals surface area contributed by atoms with Gasteiger partial charge in [-0.1, -0.05) is 0 Å². The van der Waals surface area contributed by atoms with Crippen LogP contribution in [-0.4, -0.2) is 113 Å². The molecule has 37 heavy (non-hydrogen) atoms. The van der Waals surface area contributed by atoms with Crippen LogP contribution in [-0.2, 0) is 23.4 Å². The summed E-state index contributed by atoms with van der Waals surface area (Å²) in [6.07, 6.45) is -12.8. The smallest absolute Gasteiger partial charge is 0.394 e. The largest absolute Gasteiger partial charge is 0.469 e. The number of aromatic nitrogens is 2. The number of aliphatic hydroxyl groups is 4. The maximum atomic E-state index is 12.3. The minimum Gasteiger partial charge on any atom is -0.394 e. The molecule has 0 radical (unpaired) electrons. The molecule has 206 valence electrons. The average Bonchev–Trinajstić information content (AvgIpc) is 3.28. The zero-order valence-electron chi connectivity index (χ0n) is 18.9. The van der Waals surface area contributed by atoms with E-state index >= 15 is 0 Å². The van der Waals surface area contributed by atoms with E-state index in [1.54, 1.807) is 0 Å². The molecule has 3 aliphatic rings. The van der Waals surface area contributed by atoms with E-state index in [2.05, 4.69) is 4.98 Å². The first-order valence-corrected chi connectivity index (χ1v) is 12.5. The van der Waals surface area contributed by atoms with Gasteiger partial charge in [0.25, 0.3) is 0 Å². The summed E-state index contributed by atoms with van der Waals surface area (Å²) in [6.45, 7) is -1.03. The van der Waals surface area contributed by atoms with Crippen LogP contribution in [0.15, 0.2) is 17.1 Å². The van der Waals surface area contributed by atoms with Crippen LogP contribution in [0, 0.1) is 5.92 Å². The Bertz CT molecular complexity index is 1150. The van der Waals surface area contributed by atoms with Gasteiger partial charge in [-0.15, -0.1) is 0 Å². The molecule has 9 atom stereocenters. The molecule has 9 N–H and O–H groups in total. The Hall–Kier alpha value is -2.51. The third-order valence-corrected chi connectivity index (χ3v) is 6.89. The van der Waals surface area contributed by atoms with Crippen LogP contribution < -0.4 is 16.7 Å². The van der Waals surface area contributed by atoms with Gasteiger partial charge in [0.1, 0.15) is 36.3 Å². The number of anilines is 1. The van der Waals surface area contributed by atoms with E-state index < -0.39 is 87.1 Å². The van der Waals surface area contributed by atoms with Crippen LogP contribution in [0.25, 0.3) is 0 Å². The molecule has 18 nitrogen and oxygen atoms in total. The highest BCUT2D eigenvalue weighted by Gasteiger charge is 2.58. The van der Waals surface area contributed by atoms with Crippen LogP contribution in [0.5, 0.6) is 0 Å². The van der Waals surface area contributed by atoms with Crippen molar-refractivity contribution in [2.75, 3.05) is 18.9 Å². The zero-order chi connectivity index (χ0) is 27.2. The summed E-state index contributed by atoms with van der Waals surface area (Å²) in [5.41, 5.74) is 4.53. The fourth-order valence-electron chi connectivity index (χ4n) is 4.72. The van der Waals surface area contributed by atoms with Gasteiger partial charge < -0.3 is 45.4 Å². The number of phosphoric ester groups is 1. The number of hydrogen-bond donors (Lipinski definition) is 8. The zero-order valence-corrected chi connectivity index (χ0v) is 19.8. The fourth-order valence-corrected chi connectivity index (χ4v) is 5.30. The second-order valence-corrected chi connectivity index (χ2v) is 9.88. The summed E-state index contributed by atoms with van der Waals surface area (Å²) in [4.78, 5) is 59.5. The molecular weight excluding hydrogens is 525 g/mol. The summed E-state index contributed by atoms with van der Waals surface area (Å²) in [7, 11) is -5.37. The number of imide groups is 1. The van der Waals surface area contributed by atoms with Crippen molar-refractivity contribution < 1.29 is 58.4 Å². The lowest BCUT2D eigenvalue weighted by molar-refractivity contribution is -0.135. The highest BCUT2D eigenvalue weighted by molar-refractivity contribution is 7.46. The predicted octanol–water partition coefficient (Wildman–Crippen LogP) is -4.44. The molecule has 0 aromatic carbocycles. The lowest BCUT2D eigenvalue weighted by Gasteiger charge is -2.35. The molecule has 3 amide bonds. The second-order valence-electron chi connectivity index (χ2n) is 8.69. The van der Waals surface area contributed by atoms with Gasteiger partial charge in [-0.25, -0.2) is 14.2 Å². The van der Waals surface area contributed by atoms with E-state index in [4.69, 9.17) is 19.7 Å². The number of nitrogens with two attached hydrogens (primary N) is 1. The molecule has 1 aromatic heterocycles. The topological polar surface area (TPSA) is 276 Å². The first-order chi connectivity index (χ1) is 17.3. The number of nitrogen functional groups attached to an aromatic ring is 1. The standard InChI is InChI=1S/C18H26N5O13P/c19-7-1-3-22(17(29)20-7)15-10(26)9(6(5-24)34-15)13(36-37(31,32)33)14-11(27)12(28)16(35-14)23-4-2-8(25)21-18(23)30/h1,3,6,9-16,24,26-28H,2,4-5H2,(H2,19,20,29)(H,21,25,30)(H2,31,32,33). The number of amides is 3. The number of phosphoric acid groups is 1. The quantitative estimate of drug-likeness (QED) is 0.148. The van der Waals surface area contributed by atoms with E-state index in [9.17, 15) is 49.2 Å². The molecule has 19 heteroatoms. The van der Waals surface area contributed by atoms with Crippen molar-refractivity contribution in [1.29, 1.82) is 0 Å². The number of hydrogen-bond acceptors (Lipinski definition) is 13. The lowest BCUT2D eigenvalue weighted by Crippen LogP contribution is -2.56. The maximum absolute atomic E-state index is 12.3. The normalized spacial score (nSPS) is 35.6. The molecule has 0 bridgehead atoms. The number of urea groups is 1. The van der Waals surface area contributed by atoms with Gasteiger partial charge in [0.05, 0.1) is 12.7 Å². The maximum Gasteiger partial charge on any atom is 0.469 e. The predicted molar refractivity (Wildman–Crippen MR) is 116 cm³/mol. The summed E-state index contributed by atoms with van der Waals surface area (Å²) < 4.78 is 28.7. The number of aliphatic hydroxyl groups excluding tert-OH is 4.